The molecule has 0 spiro atoms. The number of Topliss-reactive ketones (excluding diaryl/α,β-unsaturated/α-hetero) is 1. The highest BCUT2D eigenvalue weighted by molar-refractivity contribution is 5.99. The average molecular weight is 245 g/mol. The van der Waals surface area contributed by atoms with Crippen LogP contribution in [0.2, 0.25) is 0 Å². The Kier molecular flexibility index (Phi) is 4.07. The van der Waals surface area contributed by atoms with Crippen LogP contribution in [-0.2, 0) is 4.79 Å². The van der Waals surface area contributed by atoms with Crippen molar-refractivity contribution in [1.82, 2.24) is 0 Å². The van der Waals surface area contributed by atoms with Gasteiger partial charge in [-0.15, -0.1) is 0 Å². The maximum Gasteiger partial charge on any atom is 0.248 e. The van der Waals surface area contributed by atoms with Gasteiger partial charge in [-0.05, 0) is 74.6 Å². The Morgan fingerprint density at radius 3 is 2.06 bits per heavy atom. The SMILES string of the molecule is CC(=O)/C(C)=C/c1cc(C(N)=O)c(C)c(C)c1C. The van der Waals surface area contributed by atoms with Crippen molar-refractivity contribution in [2.75, 3.05) is 0 Å². The van der Waals surface area contributed by atoms with Crippen molar-refractivity contribution in [2.24, 2.45) is 5.73 Å². The van der Waals surface area contributed by atoms with Gasteiger partial charge in [-0.1, -0.05) is 0 Å². The molecule has 3 nitrogen and oxygen atoms in total. The van der Waals surface area contributed by atoms with Crippen LogP contribution in [0.1, 0.15) is 46.5 Å². The quantitative estimate of drug-likeness (QED) is 0.832. The number of carbonyl (C=O) groups excluding carboxylic acids is 2. The van der Waals surface area contributed by atoms with E-state index in [4.69, 9.17) is 5.73 Å². The smallest absolute Gasteiger partial charge is 0.248 e. The lowest BCUT2D eigenvalue weighted by Gasteiger charge is -2.13. The normalized spacial score (nSPS) is 11.5. The van der Waals surface area contributed by atoms with E-state index < -0.39 is 5.91 Å². The number of carbonyl (C=O) groups is 2. The van der Waals surface area contributed by atoms with Gasteiger partial charge in [0, 0.05) is 5.56 Å². The molecule has 0 bridgehead atoms. The topological polar surface area (TPSA) is 60.2 Å². The molecule has 96 valence electrons. The number of ketones is 1. The molecule has 0 saturated carbocycles. The molecule has 0 aliphatic heterocycles. The van der Waals surface area contributed by atoms with Gasteiger partial charge >= 0.3 is 0 Å². The minimum Gasteiger partial charge on any atom is -0.366 e. The zero-order chi connectivity index (χ0) is 14.0. The van der Waals surface area contributed by atoms with Crippen LogP contribution in [0.15, 0.2) is 11.6 Å². The number of hydrogen-bond acceptors (Lipinski definition) is 2. The van der Waals surface area contributed by atoms with Crippen LogP contribution in [0.5, 0.6) is 0 Å². The van der Waals surface area contributed by atoms with Crippen LogP contribution >= 0.6 is 0 Å². The molecular weight excluding hydrogens is 226 g/mol. The largest absolute Gasteiger partial charge is 0.366 e. The molecule has 0 aromatic heterocycles. The van der Waals surface area contributed by atoms with Gasteiger partial charge in [0.25, 0.3) is 0 Å². The molecule has 1 aromatic rings. The van der Waals surface area contributed by atoms with E-state index in [0.29, 0.717) is 11.1 Å². The van der Waals surface area contributed by atoms with E-state index >= 15 is 0 Å². The number of primary amides is 1. The molecule has 1 rings (SSSR count). The second kappa shape index (κ2) is 5.17. The van der Waals surface area contributed by atoms with Crippen molar-refractivity contribution >= 4 is 17.8 Å². The second-order valence-corrected chi connectivity index (χ2v) is 4.64. The number of rotatable bonds is 3. The van der Waals surface area contributed by atoms with Crippen LogP contribution < -0.4 is 5.73 Å². The summed E-state index contributed by atoms with van der Waals surface area (Å²) in [6, 6.07) is 1.76. The van der Waals surface area contributed by atoms with Crippen LogP contribution in [0.4, 0.5) is 0 Å². The third kappa shape index (κ3) is 2.67. The molecule has 18 heavy (non-hydrogen) atoms. The highest BCUT2D eigenvalue weighted by atomic mass is 16.1. The van der Waals surface area contributed by atoms with Crippen molar-refractivity contribution in [3.8, 4) is 0 Å². The summed E-state index contributed by atoms with van der Waals surface area (Å²) < 4.78 is 0. The number of nitrogens with two attached hydrogens (primary N) is 1. The molecule has 0 atom stereocenters. The van der Waals surface area contributed by atoms with Crippen molar-refractivity contribution in [3.05, 3.63) is 39.5 Å². The first kappa shape index (κ1) is 14.2. The summed E-state index contributed by atoms with van der Waals surface area (Å²) >= 11 is 0. The zero-order valence-electron chi connectivity index (χ0n) is 11.5. The molecule has 0 radical (unpaired) electrons. The van der Waals surface area contributed by atoms with Crippen LogP contribution in [0.3, 0.4) is 0 Å². The maximum absolute atomic E-state index is 11.4. The summed E-state index contributed by atoms with van der Waals surface area (Å²) in [7, 11) is 0. The van der Waals surface area contributed by atoms with Gasteiger partial charge < -0.3 is 5.73 Å². The molecule has 3 heteroatoms. The van der Waals surface area contributed by atoms with Crippen molar-refractivity contribution in [1.29, 1.82) is 0 Å². The first-order valence-electron chi connectivity index (χ1n) is 5.85. The van der Waals surface area contributed by atoms with E-state index in [-0.39, 0.29) is 5.78 Å². The predicted octanol–water partition coefficient (Wildman–Crippen LogP) is 2.70. The van der Waals surface area contributed by atoms with Crippen molar-refractivity contribution in [3.63, 3.8) is 0 Å². The van der Waals surface area contributed by atoms with Gasteiger partial charge in [0.1, 0.15) is 0 Å². The first-order chi connectivity index (χ1) is 8.25. The Morgan fingerprint density at radius 2 is 1.61 bits per heavy atom. The summed E-state index contributed by atoms with van der Waals surface area (Å²) in [6.45, 7) is 9.11. The van der Waals surface area contributed by atoms with Gasteiger partial charge in [-0.2, -0.15) is 0 Å². The van der Waals surface area contributed by atoms with E-state index in [1.807, 2.05) is 20.8 Å². The molecule has 0 heterocycles. The Balaban J connectivity index is 3.51. The van der Waals surface area contributed by atoms with Crippen LogP contribution in [-0.4, -0.2) is 11.7 Å². The molecule has 0 fully saturated rings. The van der Waals surface area contributed by atoms with Crippen molar-refractivity contribution < 1.29 is 9.59 Å². The van der Waals surface area contributed by atoms with Gasteiger partial charge in [0.2, 0.25) is 5.91 Å². The van der Waals surface area contributed by atoms with Gasteiger partial charge in [0.15, 0.2) is 5.78 Å². The van der Waals surface area contributed by atoms with E-state index in [2.05, 4.69) is 0 Å². The maximum atomic E-state index is 11.4. The Hall–Kier alpha value is -1.90. The summed E-state index contributed by atoms with van der Waals surface area (Å²) in [5.74, 6) is -0.418. The van der Waals surface area contributed by atoms with Crippen molar-refractivity contribution in [2.45, 2.75) is 34.6 Å². The Morgan fingerprint density at radius 1 is 1.06 bits per heavy atom. The standard InChI is InChI=1S/C15H19NO2/c1-8(12(5)17)6-13-7-14(15(16)18)11(4)9(2)10(13)3/h6-7H,1-5H3,(H2,16,18)/b8-6+. The third-order valence-electron chi connectivity index (χ3n) is 3.45. The van der Waals surface area contributed by atoms with E-state index in [1.54, 1.807) is 19.1 Å². The molecule has 0 aliphatic rings. The molecule has 1 amide bonds. The van der Waals surface area contributed by atoms with E-state index in [1.165, 1.54) is 6.92 Å². The fourth-order valence-corrected chi connectivity index (χ4v) is 1.81. The highest BCUT2D eigenvalue weighted by Gasteiger charge is 2.12. The molecule has 2 N–H and O–H groups in total. The minimum absolute atomic E-state index is 0.0215. The van der Waals surface area contributed by atoms with Crippen LogP contribution in [0, 0.1) is 20.8 Å². The number of amides is 1. The lowest BCUT2D eigenvalue weighted by atomic mass is 9.92. The second-order valence-electron chi connectivity index (χ2n) is 4.64. The summed E-state index contributed by atoms with van der Waals surface area (Å²) in [4.78, 5) is 22.7. The fraction of sp³-hybridized carbons (Fsp3) is 0.333. The van der Waals surface area contributed by atoms with Gasteiger partial charge in [0.05, 0.1) is 0 Å². The third-order valence-corrected chi connectivity index (χ3v) is 3.45. The van der Waals surface area contributed by atoms with E-state index in [9.17, 15) is 9.59 Å². The van der Waals surface area contributed by atoms with Crippen LogP contribution in [0.25, 0.3) is 6.08 Å². The molecule has 0 saturated heterocycles. The molecule has 1 aromatic carbocycles. The minimum atomic E-state index is -0.439. The Labute approximate surface area is 108 Å². The lowest BCUT2D eigenvalue weighted by molar-refractivity contribution is -0.113. The zero-order valence-corrected chi connectivity index (χ0v) is 11.5. The van der Waals surface area contributed by atoms with Gasteiger partial charge in [-0.25, -0.2) is 0 Å². The first-order valence-corrected chi connectivity index (χ1v) is 5.85. The summed E-state index contributed by atoms with van der Waals surface area (Å²) in [6.07, 6.45) is 1.80. The lowest BCUT2D eigenvalue weighted by Crippen LogP contribution is -2.14. The summed E-state index contributed by atoms with van der Waals surface area (Å²) in [5.41, 5.74) is 10.4. The number of allylic oxidation sites excluding steroid dienone is 1. The van der Waals surface area contributed by atoms with E-state index in [0.717, 1.165) is 22.3 Å². The number of hydrogen-bond donors (Lipinski definition) is 1. The summed E-state index contributed by atoms with van der Waals surface area (Å²) in [5, 5.41) is 0. The molecule has 0 aliphatic carbocycles. The average Bonchev–Trinajstić information content (AvgIpc) is 2.29. The molecular formula is C15H19NO2. The Bertz CT molecular complexity index is 554. The predicted molar refractivity (Wildman–Crippen MR) is 73.5 cm³/mol. The number of benzene rings is 1. The van der Waals surface area contributed by atoms with Gasteiger partial charge in [-0.3, -0.25) is 9.59 Å². The highest BCUT2D eigenvalue weighted by Crippen LogP contribution is 2.23. The molecule has 0 unspecified atom stereocenters. The fourth-order valence-electron chi connectivity index (χ4n) is 1.81. The monoisotopic (exact) mass is 245 g/mol.